The third kappa shape index (κ3) is 1.74. The van der Waals surface area contributed by atoms with Crippen LogP contribution in [0.25, 0.3) is 0 Å². The first-order valence-corrected chi connectivity index (χ1v) is 8.15. The molecule has 0 amide bonds. The molecule has 8 nitrogen and oxygen atoms in total. The fourth-order valence-electron chi connectivity index (χ4n) is 6.69. The van der Waals surface area contributed by atoms with Gasteiger partial charge in [0.1, 0.15) is 12.2 Å². The van der Waals surface area contributed by atoms with Crippen LogP contribution in [0.2, 0.25) is 0 Å². The monoisotopic (exact) mass is 338 g/mol. The Bertz CT molecular complexity index is 553. The Morgan fingerprint density at radius 2 is 1.12 bits per heavy atom. The van der Waals surface area contributed by atoms with Gasteiger partial charge in [0.25, 0.3) is 12.9 Å². The van der Waals surface area contributed by atoms with Gasteiger partial charge >= 0.3 is 11.9 Å². The Balaban J connectivity index is 1.69. The highest BCUT2D eigenvalue weighted by Gasteiger charge is 2.73. The molecule has 0 radical (unpaired) electrons. The molecule has 4 saturated carbocycles. The molecule has 0 aliphatic heterocycles. The van der Waals surface area contributed by atoms with Crippen molar-refractivity contribution >= 4 is 24.9 Å². The lowest BCUT2D eigenvalue weighted by atomic mass is 9.62. The molecule has 24 heavy (non-hydrogen) atoms. The minimum Gasteiger partial charge on any atom is -0.481 e. The van der Waals surface area contributed by atoms with Crippen LogP contribution < -0.4 is 0 Å². The van der Waals surface area contributed by atoms with E-state index in [2.05, 4.69) is 0 Å². The van der Waals surface area contributed by atoms with Gasteiger partial charge in [-0.05, 0) is 36.5 Å². The number of hydrogen-bond acceptors (Lipinski definition) is 6. The van der Waals surface area contributed by atoms with Crippen LogP contribution in [0.3, 0.4) is 0 Å². The summed E-state index contributed by atoms with van der Waals surface area (Å²) in [6.45, 7) is 0.674. The minimum atomic E-state index is -1.07. The van der Waals surface area contributed by atoms with Crippen molar-refractivity contribution in [2.45, 2.75) is 25.0 Å². The number of fused-ring (bicyclic) bond motifs is 9. The number of carbonyl (C=O) groups is 4. The van der Waals surface area contributed by atoms with Crippen molar-refractivity contribution in [3.8, 4) is 0 Å². The van der Waals surface area contributed by atoms with Crippen LogP contribution in [0.4, 0.5) is 0 Å². The lowest BCUT2D eigenvalue weighted by Gasteiger charge is -2.44. The van der Waals surface area contributed by atoms with E-state index in [-0.39, 0.29) is 35.5 Å². The van der Waals surface area contributed by atoms with Crippen molar-refractivity contribution < 1.29 is 38.9 Å². The normalized spacial score (nSPS) is 50.3. The molecule has 4 aliphatic carbocycles. The van der Waals surface area contributed by atoms with Gasteiger partial charge in [-0.1, -0.05) is 0 Å². The summed E-state index contributed by atoms with van der Waals surface area (Å²) in [6.07, 6.45) is 0.127. The van der Waals surface area contributed by atoms with Crippen molar-refractivity contribution in [2.24, 2.45) is 47.3 Å². The van der Waals surface area contributed by atoms with E-state index in [1.54, 1.807) is 0 Å². The largest absolute Gasteiger partial charge is 0.481 e. The van der Waals surface area contributed by atoms with E-state index in [1.165, 1.54) is 0 Å². The standard InChI is InChI=1S/C16H18O8/c17-3-23-13-7-2-8(14(13)24-4-18)10-6-1-5(9(7)10)11(15(19)20)12(6)16(21)22/h3-14H,1-2H2,(H,19,20)(H,21,22). The van der Waals surface area contributed by atoms with Crippen molar-refractivity contribution in [3.05, 3.63) is 0 Å². The molecule has 4 aliphatic rings. The van der Waals surface area contributed by atoms with Gasteiger partial charge in [-0.3, -0.25) is 19.2 Å². The summed E-state index contributed by atoms with van der Waals surface area (Å²) in [5.41, 5.74) is 0. The average molecular weight is 338 g/mol. The SMILES string of the molecule is O=COC1C2CC(C1OC=O)C1C3CC(C(C(=O)O)C3C(=O)O)C21. The van der Waals surface area contributed by atoms with Gasteiger partial charge < -0.3 is 19.7 Å². The molecule has 4 fully saturated rings. The fourth-order valence-corrected chi connectivity index (χ4v) is 6.69. The summed E-state index contributed by atoms with van der Waals surface area (Å²) in [5.74, 6) is -4.45. The summed E-state index contributed by atoms with van der Waals surface area (Å²) in [4.78, 5) is 44.9. The van der Waals surface area contributed by atoms with Gasteiger partial charge in [0.05, 0.1) is 11.8 Å². The van der Waals surface area contributed by atoms with E-state index < -0.39 is 36.0 Å². The molecule has 0 aromatic rings. The zero-order chi connectivity index (χ0) is 17.2. The molecule has 0 aromatic heterocycles. The van der Waals surface area contributed by atoms with Crippen LogP contribution in [0, 0.1) is 47.3 Å². The maximum Gasteiger partial charge on any atom is 0.307 e. The van der Waals surface area contributed by atoms with E-state index >= 15 is 0 Å². The molecule has 0 spiro atoms. The van der Waals surface area contributed by atoms with Crippen molar-refractivity contribution in [3.63, 3.8) is 0 Å². The molecule has 0 heterocycles. The second-order valence-corrected chi connectivity index (χ2v) is 7.40. The number of rotatable bonds is 6. The molecule has 4 bridgehead atoms. The van der Waals surface area contributed by atoms with Crippen LogP contribution in [0.1, 0.15) is 12.8 Å². The lowest BCUT2D eigenvalue weighted by molar-refractivity contribution is -0.172. The van der Waals surface area contributed by atoms with E-state index in [0.717, 1.165) is 0 Å². The summed E-state index contributed by atoms with van der Waals surface area (Å²) in [7, 11) is 0. The number of ether oxygens (including phenoxy) is 2. The zero-order valence-electron chi connectivity index (χ0n) is 12.7. The first kappa shape index (κ1) is 15.4. The van der Waals surface area contributed by atoms with E-state index in [4.69, 9.17) is 9.47 Å². The van der Waals surface area contributed by atoms with Crippen molar-refractivity contribution in [2.75, 3.05) is 0 Å². The zero-order valence-corrected chi connectivity index (χ0v) is 12.7. The van der Waals surface area contributed by atoms with Crippen molar-refractivity contribution in [1.82, 2.24) is 0 Å². The Hall–Kier alpha value is -2.12. The molecular formula is C16H18O8. The highest BCUT2D eigenvalue weighted by molar-refractivity contribution is 5.82. The second-order valence-electron chi connectivity index (χ2n) is 7.40. The van der Waals surface area contributed by atoms with Gasteiger partial charge in [-0.2, -0.15) is 0 Å². The smallest absolute Gasteiger partial charge is 0.307 e. The number of aliphatic carboxylic acids is 2. The number of carbonyl (C=O) groups excluding carboxylic acids is 2. The first-order chi connectivity index (χ1) is 11.5. The molecule has 10 atom stereocenters. The quantitative estimate of drug-likeness (QED) is 0.512. The molecule has 8 heteroatoms. The van der Waals surface area contributed by atoms with Crippen LogP contribution in [-0.4, -0.2) is 47.3 Å². The van der Waals surface area contributed by atoms with E-state index in [0.29, 0.717) is 25.8 Å². The highest BCUT2D eigenvalue weighted by Crippen LogP contribution is 2.70. The predicted molar refractivity (Wildman–Crippen MR) is 74.3 cm³/mol. The maximum atomic E-state index is 11.7. The highest BCUT2D eigenvalue weighted by atomic mass is 16.6. The lowest BCUT2D eigenvalue weighted by Crippen LogP contribution is -2.51. The Morgan fingerprint density at radius 1 is 0.750 bits per heavy atom. The topological polar surface area (TPSA) is 127 Å². The summed E-state index contributed by atoms with van der Waals surface area (Å²) < 4.78 is 10.3. The van der Waals surface area contributed by atoms with Crippen molar-refractivity contribution in [1.29, 1.82) is 0 Å². The van der Waals surface area contributed by atoms with E-state index in [1.807, 2.05) is 0 Å². The Morgan fingerprint density at radius 3 is 1.46 bits per heavy atom. The minimum absolute atomic E-state index is 0.0214. The van der Waals surface area contributed by atoms with Gasteiger partial charge in [0, 0.05) is 11.8 Å². The third-order valence-electron chi connectivity index (χ3n) is 6.98. The van der Waals surface area contributed by atoms with Crippen LogP contribution in [0.5, 0.6) is 0 Å². The van der Waals surface area contributed by atoms with E-state index in [9.17, 15) is 29.4 Å². The van der Waals surface area contributed by atoms with Crippen LogP contribution >= 0.6 is 0 Å². The van der Waals surface area contributed by atoms with Gasteiger partial charge in [0.15, 0.2) is 0 Å². The second kappa shape index (κ2) is 5.19. The van der Waals surface area contributed by atoms with Gasteiger partial charge in [-0.25, -0.2) is 0 Å². The fraction of sp³-hybridized carbons (Fsp3) is 0.750. The Labute approximate surface area is 137 Å². The first-order valence-electron chi connectivity index (χ1n) is 8.15. The molecule has 130 valence electrons. The van der Waals surface area contributed by atoms with Crippen LogP contribution in [-0.2, 0) is 28.7 Å². The summed E-state index contributed by atoms with van der Waals surface area (Å²) >= 11 is 0. The van der Waals surface area contributed by atoms with Gasteiger partial charge in [0.2, 0.25) is 0 Å². The Kier molecular flexibility index (Phi) is 3.33. The number of carboxylic acids is 2. The average Bonchev–Trinajstić information content (AvgIpc) is 3.23. The number of hydrogen-bond donors (Lipinski definition) is 2. The third-order valence-corrected chi connectivity index (χ3v) is 6.98. The summed E-state index contributed by atoms with van der Waals surface area (Å²) in [6, 6.07) is 0. The van der Waals surface area contributed by atoms with Crippen LogP contribution in [0.15, 0.2) is 0 Å². The molecule has 4 rings (SSSR count). The molecule has 10 unspecified atom stereocenters. The van der Waals surface area contributed by atoms with Gasteiger partial charge in [-0.15, -0.1) is 0 Å². The summed E-state index contributed by atoms with van der Waals surface area (Å²) in [5, 5.41) is 19.1. The molecule has 0 saturated heterocycles. The predicted octanol–water partition coefficient (Wildman–Crippen LogP) is 0.00300. The number of carboxylic acid groups (broad SMARTS) is 2. The molecule has 2 N–H and O–H groups in total. The molecule has 0 aromatic carbocycles. The maximum absolute atomic E-state index is 11.7. The molecular weight excluding hydrogens is 320 g/mol.